The molecule has 1 aliphatic heterocycles. The summed E-state index contributed by atoms with van der Waals surface area (Å²) >= 11 is 0. The minimum atomic E-state index is -3.88. The number of carbonyl (C=O) groups is 1. The Morgan fingerprint density at radius 1 is 1.15 bits per heavy atom. The molecule has 2 aromatic carbocycles. The number of sulfonamides is 1. The highest BCUT2D eigenvalue weighted by Crippen LogP contribution is 2.30. The minimum Gasteiger partial charge on any atom is -0.485 e. The smallest absolute Gasteiger partial charge is 0.279 e. The van der Waals surface area contributed by atoms with E-state index in [9.17, 15) is 13.2 Å². The quantitative estimate of drug-likeness (QED) is 0.739. The average Bonchev–Trinajstić information content (AvgIpc) is 2.71. The molecule has 1 aliphatic rings. The number of nitrogens with one attached hydrogen (secondary N) is 2. The largest absolute Gasteiger partial charge is 0.485 e. The van der Waals surface area contributed by atoms with Crippen LogP contribution in [0.5, 0.6) is 11.5 Å². The molecule has 2 aromatic rings. The van der Waals surface area contributed by atoms with Gasteiger partial charge < -0.3 is 9.47 Å². The molecule has 2 atom stereocenters. The molecule has 0 saturated carbocycles. The molecule has 8 heteroatoms. The molecule has 0 aromatic heterocycles. The summed E-state index contributed by atoms with van der Waals surface area (Å²) in [5, 5.41) is 0. The number of fused-ring (bicyclic) bond motifs is 1. The van der Waals surface area contributed by atoms with Crippen molar-refractivity contribution < 1.29 is 22.7 Å². The van der Waals surface area contributed by atoms with Crippen LogP contribution in [0.1, 0.15) is 31.7 Å². The molecule has 0 unspecified atom stereocenters. The lowest BCUT2D eigenvalue weighted by Crippen LogP contribution is -2.50. The second kappa shape index (κ2) is 7.98. The van der Waals surface area contributed by atoms with Crippen molar-refractivity contribution in [3.8, 4) is 11.5 Å². The second-order valence-corrected chi connectivity index (χ2v) is 8.02. The number of ether oxygens (including phenoxy) is 2. The Hall–Kier alpha value is -2.58. The molecule has 2 N–H and O–H groups in total. The molecule has 0 saturated heterocycles. The zero-order chi connectivity index (χ0) is 19.4. The Morgan fingerprint density at radius 2 is 1.81 bits per heavy atom. The zero-order valence-corrected chi connectivity index (χ0v) is 16.0. The summed E-state index contributed by atoms with van der Waals surface area (Å²) in [5.41, 5.74) is 3.25. The third-order valence-electron chi connectivity index (χ3n) is 4.48. The standard InChI is InChI=1S/C19H22N2O5S/c1-3-13(2)14-8-10-15(11-9-14)27(23,24)21-20-19(22)18-12-25-16-6-4-5-7-17(16)26-18/h4-11,13,18,21H,3,12H2,1-2H3,(H,20,22)/t13-,18-/m0/s1. The van der Waals surface area contributed by atoms with Crippen molar-refractivity contribution in [3.05, 3.63) is 54.1 Å². The molecule has 0 fully saturated rings. The average molecular weight is 390 g/mol. The van der Waals surface area contributed by atoms with Gasteiger partial charge in [0.1, 0.15) is 6.61 Å². The number of hydrazine groups is 1. The van der Waals surface area contributed by atoms with Gasteiger partial charge in [0.05, 0.1) is 4.90 Å². The van der Waals surface area contributed by atoms with Crippen molar-refractivity contribution in [2.75, 3.05) is 6.61 Å². The second-order valence-electron chi connectivity index (χ2n) is 6.34. The first-order chi connectivity index (χ1) is 12.9. The van der Waals surface area contributed by atoms with E-state index in [2.05, 4.69) is 24.1 Å². The first kappa shape index (κ1) is 19.2. The number of rotatable bonds is 6. The van der Waals surface area contributed by atoms with Gasteiger partial charge in [-0.05, 0) is 42.2 Å². The van der Waals surface area contributed by atoms with Crippen molar-refractivity contribution >= 4 is 15.9 Å². The number of benzene rings is 2. The van der Waals surface area contributed by atoms with E-state index in [4.69, 9.17) is 9.47 Å². The summed E-state index contributed by atoms with van der Waals surface area (Å²) in [4.78, 5) is 14.4. The predicted molar refractivity (Wildman–Crippen MR) is 100.0 cm³/mol. The maximum atomic E-state index is 12.4. The fourth-order valence-electron chi connectivity index (χ4n) is 2.62. The highest BCUT2D eigenvalue weighted by atomic mass is 32.2. The van der Waals surface area contributed by atoms with Gasteiger partial charge in [-0.1, -0.05) is 38.1 Å². The van der Waals surface area contributed by atoms with Crippen LogP contribution in [-0.4, -0.2) is 27.0 Å². The molecule has 3 rings (SSSR count). The van der Waals surface area contributed by atoms with Crippen LogP contribution < -0.4 is 19.7 Å². The SMILES string of the molecule is CC[C@H](C)c1ccc(S(=O)(=O)NNC(=O)[C@@H]2COc3ccccc3O2)cc1. The van der Waals surface area contributed by atoms with Gasteiger partial charge in [0.2, 0.25) is 6.10 Å². The molecule has 0 spiro atoms. The Morgan fingerprint density at radius 3 is 2.48 bits per heavy atom. The van der Waals surface area contributed by atoms with Gasteiger partial charge in [0, 0.05) is 0 Å². The van der Waals surface area contributed by atoms with E-state index in [0.29, 0.717) is 17.4 Å². The topological polar surface area (TPSA) is 93.7 Å². The summed E-state index contributed by atoms with van der Waals surface area (Å²) < 4.78 is 35.7. The molecule has 144 valence electrons. The van der Waals surface area contributed by atoms with E-state index in [1.54, 1.807) is 36.4 Å². The highest BCUT2D eigenvalue weighted by molar-refractivity contribution is 7.89. The van der Waals surface area contributed by atoms with Crippen LogP contribution in [-0.2, 0) is 14.8 Å². The normalized spacial score (nSPS) is 17.2. The van der Waals surface area contributed by atoms with Crippen LogP contribution in [0.15, 0.2) is 53.4 Å². The third-order valence-corrected chi connectivity index (χ3v) is 5.74. The molecule has 7 nitrogen and oxygen atoms in total. The third kappa shape index (κ3) is 4.40. The van der Waals surface area contributed by atoms with Crippen molar-refractivity contribution in [3.63, 3.8) is 0 Å². The van der Waals surface area contributed by atoms with Crippen molar-refractivity contribution in [2.24, 2.45) is 0 Å². The molecule has 1 amide bonds. The molecule has 0 bridgehead atoms. The lowest BCUT2D eigenvalue weighted by molar-refractivity contribution is -0.130. The lowest BCUT2D eigenvalue weighted by atomic mass is 9.99. The Bertz CT molecular complexity index is 912. The first-order valence-electron chi connectivity index (χ1n) is 8.71. The number of amides is 1. The number of hydrogen-bond donors (Lipinski definition) is 2. The van der Waals surface area contributed by atoms with Gasteiger partial charge in [-0.15, -0.1) is 4.83 Å². The monoisotopic (exact) mass is 390 g/mol. The fourth-order valence-corrected chi connectivity index (χ4v) is 3.46. The number of para-hydroxylation sites is 2. The molecule has 27 heavy (non-hydrogen) atoms. The summed E-state index contributed by atoms with van der Waals surface area (Å²) in [6.45, 7) is 4.14. The maximum absolute atomic E-state index is 12.4. The van der Waals surface area contributed by atoms with E-state index >= 15 is 0 Å². The van der Waals surface area contributed by atoms with Crippen LogP contribution in [0.2, 0.25) is 0 Å². The van der Waals surface area contributed by atoms with E-state index in [1.165, 1.54) is 12.1 Å². The molecule has 1 heterocycles. The van der Waals surface area contributed by atoms with Gasteiger partial charge in [0.15, 0.2) is 11.5 Å². The van der Waals surface area contributed by atoms with Gasteiger partial charge in [-0.3, -0.25) is 10.2 Å². The molecule has 0 aliphatic carbocycles. The lowest BCUT2D eigenvalue weighted by Gasteiger charge is -2.25. The van der Waals surface area contributed by atoms with Crippen LogP contribution in [0.3, 0.4) is 0 Å². The Kier molecular flexibility index (Phi) is 5.67. The van der Waals surface area contributed by atoms with E-state index < -0.39 is 22.0 Å². The predicted octanol–water partition coefficient (Wildman–Crippen LogP) is 2.35. The summed E-state index contributed by atoms with van der Waals surface area (Å²) in [6.07, 6.45) is 0.0165. The molecular weight excluding hydrogens is 368 g/mol. The van der Waals surface area contributed by atoms with Gasteiger partial charge in [0.25, 0.3) is 15.9 Å². The molecule has 0 radical (unpaired) electrons. The van der Waals surface area contributed by atoms with E-state index in [0.717, 1.165) is 12.0 Å². The van der Waals surface area contributed by atoms with E-state index in [-0.39, 0.29) is 11.5 Å². The highest BCUT2D eigenvalue weighted by Gasteiger charge is 2.28. The van der Waals surface area contributed by atoms with Crippen LogP contribution in [0.4, 0.5) is 0 Å². The minimum absolute atomic E-state index is 0.00578. The zero-order valence-electron chi connectivity index (χ0n) is 15.1. The number of carbonyl (C=O) groups excluding carboxylic acids is 1. The Labute approximate surface area is 158 Å². The van der Waals surface area contributed by atoms with E-state index in [1.807, 2.05) is 0 Å². The van der Waals surface area contributed by atoms with Gasteiger partial charge >= 0.3 is 0 Å². The summed E-state index contributed by atoms with van der Waals surface area (Å²) in [6, 6.07) is 13.6. The Balaban J connectivity index is 1.61. The van der Waals surface area contributed by atoms with Crippen LogP contribution in [0.25, 0.3) is 0 Å². The number of hydrogen-bond acceptors (Lipinski definition) is 5. The van der Waals surface area contributed by atoms with Crippen molar-refractivity contribution in [2.45, 2.75) is 37.2 Å². The first-order valence-corrected chi connectivity index (χ1v) is 10.2. The van der Waals surface area contributed by atoms with Gasteiger partial charge in [-0.25, -0.2) is 8.42 Å². The summed E-state index contributed by atoms with van der Waals surface area (Å²) in [7, 11) is -3.88. The van der Waals surface area contributed by atoms with Crippen molar-refractivity contribution in [1.29, 1.82) is 0 Å². The van der Waals surface area contributed by atoms with Gasteiger partial charge in [-0.2, -0.15) is 0 Å². The van der Waals surface area contributed by atoms with Crippen LogP contribution in [0, 0.1) is 0 Å². The maximum Gasteiger partial charge on any atom is 0.279 e. The van der Waals surface area contributed by atoms with Crippen molar-refractivity contribution in [1.82, 2.24) is 10.3 Å². The van der Waals surface area contributed by atoms with Crippen LogP contribution >= 0.6 is 0 Å². The summed E-state index contributed by atoms with van der Waals surface area (Å²) in [5.74, 6) is 0.695. The molecular formula is C19H22N2O5S. The fraction of sp³-hybridized carbons (Fsp3) is 0.316.